The molecule has 19 heavy (non-hydrogen) atoms. The Kier molecular flexibility index (Phi) is 4.63. The average Bonchev–Trinajstić information content (AvgIpc) is 2.85. The second-order valence-electron chi connectivity index (χ2n) is 5.46. The molecule has 6 nitrogen and oxygen atoms in total. The van der Waals surface area contributed by atoms with E-state index in [1.54, 1.807) is 9.80 Å². The summed E-state index contributed by atoms with van der Waals surface area (Å²) in [5, 5.41) is 12.2. The summed E-state index contributed by atoms with van der Waals surface area (Å²) in [6.45, 7) is 2.58. The molecule has 2 fully saturated rings. The molecule has 2 N–H and O–H groups in total. The van der Waals surface area contributed by atoms with Crippen LogP contribution in [0, 0.1) is 0 Å². The lowest BCUT2D eigenvalue weighted by molar-refractivity contribution is -0.138. The number of likely N-dealkylation sites (tertiary alicyclic amines) is 1. The molecule has 0 bridgehead atoms. The van der Waals surface area contributed by atoms with Crippen LogP contribution in [-0.4, -0.2) is 65.7 Å². The maximum atomic E-state index is 12.5. The minimum absolute atomic E-state index is 0.00403. The van der Waals surface area contributed by atoms with Crippen molar-refractivity contribution in [3.8, 4) is 0 Å². The van der Waals surface area contributed by atoms with Crippen LogP contribution < -0.4 is 5.32 Å². The number of carboxylic acid groups (broad SMARTS) is 1. The number of nitrogens with zero attached hydrogens (tertiary/aromatic N) is 2. The Hall–Kier alpha value is -1.30. The third-order valence-electron chi connectivity index (χ3n) is 4.19. The SMILES string of the molecule is CN(C(=O)N1CCCC1CC(=O)O)C1CCNCC1. The van der Waals surface area contributed by atoms with Crippen LogP contribution in [0.5, 0.6) is 0 Å². The highest BCUT2D eigenvalue weighted by Crippen LogP contribution is 2.23. The van der Waals surface area contributed by atoms with Gasteiger partial charge in [-0.3, -0.25) is 4.79 Å². The van der Waals surface area contributed by atoms with Crippen LogP contribution in [0.4, 0.5) is 4.79 Å². The number of amides is 2. The Bertz CT molecular complexity index is 342. The van der Waals surface area contributed by atoms with Crippen LogP contribution in [0.3, 0.4) is 0 Å². The Labute approximate surface area is 113 Å². The van der Waals surface area contributed by atoms with E-state index in [4.69, 9.17) is 5.11 Å². The standard InChI is InChI=1S/C13H23N3O3/c1-15(10-4-6-14-7-5-10)13(19)16-8-2-3-11(16)9-12(17)18/h10-11,14H,2-9H2,1H3,(H,17,18). The third kappa shape index (κ3) is 3.37. The van der Waals surface area contributed by atoms with E-state index in [-0.39, 0.29) is 24.5 Å². The van der Waals surface area contributed by atoms with Gasteiger partial charge in [0.1, 0.15) is 0 Å². The van der Waals surface area contributed by atoms with Crippen molar-refractivity contribution >= 4 is 12.0 Å². The van der Waals surface area contributed by atoms with E-state index >= 15 is 0 Å². The molecule has 0 saturated carbocycles. The molecule has 1 unspecified atom stereocenters. The van der Waals surface area contributed by atoms with E-state index < -0.39 is 5.97 Å². The third-order valence-corrected chi connectivity index (χ3v) is 4.19. The van der Waals surface area contributed by atoms with Crippen LogP contribution in [0.15, 0.2) is 0 Å². The van der Waals surface area contributed by atoms with Gasteiger partial charge in [0.2, 0.25) is 0 Å². The van der Waals surface area contributed by atoms with Crippen LogP contribution in [-0.2, 0) is 4.79 Å². The van der Waals surface area contributed by atoms with Crippen molar-refractivity contribution in [3.63, 3.8) is 0 Å². The highest BCUT2D eigenvalue weighted by Gasteiger charge is 2.34. The molecule has 0 spiro atoms. The van der Waals surface area contributed by atoms with Gasteiger partial charge in [-0.2, -0.15) is 0 Å². The van der Waals surface area contributed by atoms with Crippen molar-refractivity contribution in [1.82, 2.24) is 15.1 Å². The first kappa shape index (κ1) is 14.1. The molecule has 108 valence electrons. The summed E-state index contributed by atoms with van der Waals surface area (Å²) in [5.41, 5.74) is 0. The first-order valence-corrected chi connectivity index (χ1v) is 7.05. The number of rotatable bonds is 3. The van der Waals surface area contributed by atoms with Gasteiger partial charge in [-0.25, -0.2) is 4.79 Å². The molecule has 2 aliphatic rings. The molecule has 0 aromatic rings. The molecule has 2 saturated heterocycles. The Morgan fingerprint density at radius 2 is 2.00 bits per heavy atom. The minimum Gasteiger partial charge on any atom is -0.481 e. The first-order valence-electron chi connectivity index (χ1n) is 7.05. The van der Waals surface area contributed by atoms with Gasteiger partial charge in [-0.15, -0.1) is 0 Å². The Morgan fingerprint density at radius 3 is 2.63 bits per heavy atom. The quantitative estimate of drug-likeness (QED) is 0.792. The van der Waals surface area contributed by atoms with Gasteiger partial charge in [-0.05, 0) is 38.8 Å². The lowest BCUT2D eigenvalue weighted by Gasteiger charge is -2.36. The number of aliphatic carboxylic acids is 1. The van der Waals surface area contributed by atoms with E-state index in [2.05, 4.69) is 5.32 Å². The van der Waals surface area contributed by atoms with Crippen molar-refractivity contribution in [2.45, 2.75) is 44.2 Å². The maximum absolute atomic E-state index is 12.5. The van der Waals surface area contributed by atoms with E-state index in [9.17, 15) is 9.59 Å². The minimum atomic E-state index is -0.825. The van der Waals surface area contributed by atoms with E-state index in [0.29, 0.717) is 6.54 Å². The van der Waals surface area contributed by atoms with Crippen molar-refractivity contribution in [3.05, 3.63) is 0 Å². The molecule has 2 heterocycles. The lowest BCUT2D eigenvalue weighted by Crippen LogP contribution is -2.50. The second-order valence-corrected chi connectivity index (χ2v) is 5.46. The number of piperidine rings is 1. The molecule has 1 atom stereocenters. The van der Waals surface area contributed by atoms with Crippen LogP contribution in [0.1, 0.15) is 32.1 Å². The van der Waals surface area contributed by atoms with Gasteiger partial charge in [0, 0.05) is 25.7 Å². The van der Waals surface area contributed by atoms with Gasteiger partial charge in [0.25, 0.3) is 0 Å². The Balaban J connectivity index is 1.95. The molecule has 2 aliphatic heterocycles. The van der Waals surface area contributed by atoms with Gasteiger partial charge < -0.3 is 20.2 Å². The predicted molar refractivity (Wildman–Crippen MR) is 71.0 cm³/mol. The normalized spacial score (nSPS) is 24.5. The van der Waals surface area contributed by atoms with E-state index in [0.717, 1.165) is 38.8 Å². The number of carboxylic acids is 1. The van der Waals surface area contributed by atoms with Crippen LogP contribution in [0.2, 0.25) is 0 Å². The zero-order valence-corrected chi connectivity index (χ0v) is 11.5. The highest BCUT2D eigenvalue weighted by atomic mass is 16.4. The van der Waals surface area contributed by atoms with Crippen molar-refractivity contribution in [2.24, 2.45) is 0 Å². The molecule has 2 rings (SSSR count). The van der Waals surface area contributed by atoms with Gasteiger partial charge in [0.05, 0.1) is 6.42 Å². The Morgan fingerprint density at radius 1 is 1.32 bits per heavy atom. The molecule has 2 amide bonds. The average molecular weight is 269 g/mol. The predicted octanol–water partition coefficient (Wildman–Crippen LogP) is 0.729. The largest absolute Gasteiger partial charge is 0.481 e. The van der Waals surface area contributed by atoms with E-state index in [1.807, 2.05) is 7.05 Å². The molecule has 6 heteroatoms. The summed E-state index contributed by atoms with van der Waals surface area (Å²) < 4.78 is 0. The fourth-order valence-electron chi connectivity index (χ4n) is 3.05. The van der Waals surface area contributed by atoms with Crippen LogP contribution >= 0.6 is 0 Å². The first-order chi connectivity index (χ1) is 9.09. The number of carbonyl (C=O) groups is 2. The summed E-state index contributed by atoms with van der Waals surface area (Å²) in [4.78, 5) is 26.9. The number of nitrogens with one attached hydrogen (secondary N) is 1. The van der Waals surface area contributed by atoms with Crippen molar-refractivity contribution in [1.29, 1.82) is 0 Å². The molecule has 0 aromatic carbocycles. The monoisotopic (exact) mass is 269 g/mol. The maximum Gasteiger partial charge on any atom is 0.320 e. The summed E-state index contributed by atoms with van der Waals surface area (Å²) >= 11 is 0. The fraction of sp³-hybridized carbons (Fsp3) is 0.846. The molecular formula is C13H23N3O3. The van der Waals surface area contributed by atoms with Crippen molar-refractivity contribution in [2.75, 3.05) is 26.7 Å². The molecule has 0 aromatic heterocycles. The molecule has 0 aliphatic carbocycles. The second kappa shape index (κ2) is 6.23. The summed E-state index contributed by atoms with van der Waals surface area (Å²) in [7, 11) is 1.84. The summed E-state index contributed by atoms with van der Waals surface area (Å²) in [6, 6.07) is 0.143. The smallest absolute Gasteiger partial charge is 0.320 e. The van der Waals surface area contributed by atoms with Crippen LogP contribution in [0.25, 0.3) is 0 Å². The summed E-state index contributed by atoms with van der Waals surface area (Å²) in [6.07, 6.45) is 3.72. The highest BCUT2D eigenvalue weighted by molar-refractivity contribution is 5.76. The van der Waals surface area contributed by atoms with Gasteiger partial charge in [0.15, 0.2) is 0 Å². The zero-order valence-electron chi connectivity index (χ0n) is 11.5. The molecule has 0 radical (unpaired) electrons. The summed E-state index contributed by atoms with van der Waals surface area (Å²) in [5.74, 6) is -0.825. The zero-order chi connectivity index (χ0) is 13.8. The number of urea groups is 1. The lowest BCUT2D eigenvalue weighted by atomic mass is 10.1. The van der Waals surface area contributed by atoms with Gasteiger partial charge >= 0.3 is 12.0 Å². The number of carbonyl (C=O) groups excluding carboxylic acids is 1. The number of hydrogen-bond acceptors (Lipinski definition) is 3. The topological polar surface area (TPSA) is 72.9 Å². The van der Waals surface area contributed by atoms with Crippen molar-refractivity contribution < 1.29 is 14.7 Å². The van der Waals surface area contributed by atoms with Gasteiger partial charge in [-0.1, -0.05) is 0 Å². The fourth-order valence-corrected chi connectivity index (χ4v) is 3.05. The molecular weight excluding hydrogens is 246 g/mol. The number of hydrogen-bond donors (Lipinski definition) is 2. The van der Waals surface area contributed by atoms with E-state index in [1.165, 1.54) is 0 Å².